The van der Waals surface area contributed by atoms with E-state index in [1.165, 1.54) is 0 Å². The zero-order valence-electron chi connectivity index (χ0n) is 14.0. The van der Waals surface area contributed by atoms with Crippen LogP contribution in [0.1, 0.15) is 18.5 Å². The second-order valence-electron chi connectivity index (χ2n) is 6.13. The summed E-state index contributed by atoms with van der Waals surface area (Å²) in [5.74, 6) is 0.321. The molecule has 1 unspecified atom stereocenters. The number of amides is 1. The van der Waals surface area contributed by atoms with Crippen LogP contribution in [0.25, 0.3) is 11.3 Å². The molecule has 3 heterocycles. The van der Waals surface area contributed by atoms with Crippen LogP contribution < -0.4 is 14.8 Å². The maximum absolute atomic E-state index is 12.0. The van der Waals surface area contributed by atoms with E-state index < -0.39 is 11.9 Å². The third-order valence-corrected chi connectivity index (χ3v) is 4.32. The van der Waals surface area contributed by atoms with E-state index in [1.807, 2.05) is 18.2 Å². The van der Waals surface area contributed by atoms with Gasteiger partial charge in [0.05, 0.1) is 0 Å². The van der Waals surface area contributed by atoms with Gasteiger partial charge in [-0.1, -0.05) is 5.16 Å². The van der Waals surface area contributed by atoms with Crippen LogP contribution in [0.15, 0.2) is 28.8 Å². The van der Waals surface area contributed by atoms with Crippen LogP contribution in [-0.4, -0.2) is 36.8 Å². The molecule has 2 aliphatic rings. The van der Waals surface area contributed by atoms with Crippen molar-refractivity contribution < 1.29 is 28.3 Å². The SMILES string of the molecule is O=C1NCCCC1C(=O)OCc1cc(-c2ccc3c(c2)OCCO3)on1. The topological polar surface area (TPSA) is 99.9 Å². The molecule has 1 N–H and O–H groups in total. The van der Waals surface area contributed by atoms with Gasteiger partial charge in [-0.2, -0.15) is 0 Å². The Bertz CT molecular complexity index is 831. The predicted molar refractivity (Wildman–Crippen MR) is 88.5 cm³/mol. The van der Waals surface area contributed by atoms with E-state index in [4.69, 9.17) is 18.7 Å². The Morgan fingerprint density at radius 1 is 1.23 bits per heavy atom. The molecule has 26 heavy (non-hydrogen) atoms. The summed E-state index contributed by atoms with van der Waals surface area (Å²) in [6.45, 7) is 1.59. The highest BCUT2D eigenvalue weighted by molar-refractivity contribution is 5.98. The smallest absolute Gasteiger partial charge is 0.318 e. The lowest BCUT2D eigenvalue weighted by Crippen LogP contribution is -2.41. The number of rotatable bonds is 4. The summed E-state index contributed by atoms with van der Waals surface area (Å²) in [5.41, 5.74) is 1.26. The molecule has 1 saturated heterocycles. The fraction of sp³-hybridized carbons (Fsp3) is 0.389. The summed E-state index contributed by atoms with van der Waals surface area (Å²) >= 11 is 0. The lowest BCUT2D eigenvalue weighted by atomic mass is 9.99. The van der Waals surface area contributed by atoms with E-state index >= 15 is 0 Å². The van der Waals surface area contributed by atoms with Gasteiger partial charge in [0.15, 0.2) is 17.3 Å². The summed E-state index contributed by atoms with van der Waals surface area (Å²) in [6.07, 6.45) is 1.27. The van der Waals surface area contributed by atoms with Crippen LogP contribution in [-0.2, 0) is 20.9 Å². The van der Waals surface area contributed by atoms with Gasteiger partial charge in [0.25, 0.3) is 0 Å². The Kier molecular flexibility index (Phi) is 4.47. The predicted octanol–water partition coefficient (Wildman–Crippen LogP) is 1.68. The van der Waals surface area contributed by atoms with Gasteiger partial charge in [0, 0.05) is 18.2 Å². The lowest BCUT2D eigenvalue weighted by Gasteiger charge is -2.19. The fourth-order valence-corrected chi connectivity index (χ4v) is 2.96. The van der Waals surface area contributed by atoms with Gasteiger partial charge < -0.3 is 24.1 Å². The van der Waals surface area contributed by atoms with Crippen molar-refractivity contribution in [1.29, 1.82) is 0 Å². The zero-order chi connectivity index (χ0) is 17.9. The van der Waals surface area contributed by atoms with Gasteiger partial charge in [0.1, 0.15) is 31.4 Å². The molecule has 1 aromatic carbocycles. The molecule has 8 heteroatoms. The number of hydrogen-bond donors (Lipinski definition) is 1. The molecule has 4 rings (SSSR count). The Morgan fingerprint density at radius 2 is 2.08 bits per heavy atom. The van der Waals surface area contributed by atoms with Gasteiger partial charge in [-0.05, 0) is 31.0 Å². The molecule has 0 radical (unpaired) electrons. The number of ether oxygens (including phenoxy) is 3. The van der Waals surface area contributed by atoms with Crippen molar-refractivity contribution >= 4 is 11.9 Å². The number of nitrogens with one attached hydrogen (secondary N) is 1. The largest absolute Gasteiger partial charge is 0.486 e. The number of carbonyl (C=O) groups excluding carboxylic acids is 2. The molecule has 0 aliphatic carbocycles. The normalized spacial score (nSPS) is 18.9. The maximum Gasteiger partial charge on any atom is 0.318 e. The van der Waals surface area contributed by atoms with Crippen molar-refractivity contribution in [3.63, 3.8) is 0 Å². The fourth-order valence-electron chi connectivity index (χ4n) is 2.96. The first-order chi connectivity index (χ1) is 12.7. The minimum absolute atomic E-state index is 0.0450. The first-order valence-corrected chi connectivity index (χ1v) is 8.51. The number of hydrogen-bond acceptors (Lipinski definition) is 7. The van der Waals surface area contributed by atoms with Crippen molar-refractivity contribution in [3.05, 3.63) is 30.0 Å². The molecule has 136 valence electrons. The summed E-state index contributed by atoms with van der Waals surface area (Å²) in [7, 11) is 0. The number of carbonyl (C=O) groups is 2. The first kappa shape index (κ1) is 16.4. The zero-order valence-corrected chi connectivity index (χ0v) is 14.0. The lowest BCUT2D eigenvalue weighted by molar-refractivity contribution is -0.155. The van der Waals surface area contributed by atoms with E-state index in [2.05, 4.69) is 10.5 Å². The Labute approximate surface area is 149 Å². The Hall–Kier alpha value is -3.03. The highest BCUT2D eigenvalue weighted by atomic mass is 16.6. The summed E-state index contributed by atoms with van der Waals surface area (Å²) < 4.78 is 21.6. The highest BCUT2D eigenvalue weighted by Gasteiger charge is 2.30. The van der Waals surface area contributed by atoms with Crippen molar-refractivity contribution in [2.45, 2.75) is 19.4 Å². The van der Waals surface area contributed by atoms with Crippen LogP contribution in [0.2, 0.25) is 0 Å². The van der Waals surface area contributed by atoms with E-state index in [9.17, 15) is 9.59 Å². The molecular formula is C18H18N2O6. The molecule has 1 fully saturated rings. The molecule has 0 bridgehead atoms. The minimum Gasteiger partial charge on any atom is -0.486 e. The molecule has 2 aliphatic heterocycles. The summed E-state index contributed by atoms with van der Waals surface area (Å²) in [6, 6.07) is 7.17. The monoisotopic (exact) mass is 358 g/mol. The van der Waals surface area contributed by atoms with Crippen LogP contribution in [0.4, 0.5) is 0 Å². The Morgan fingerprint density at radius 3 is 2.92 bits per heavy atom. The highest BCUT2D eigenvalue weighted by Crippen LogP contribution is 2.34. The third kappa shape index (κ3) is 3.35. The molecule has 8 nitrogen and oxygen atoms in total. The number of esters is 1. The van der Waals surface area contributed by atoms with E-state index in [0.717, 1.165) is 12.0 Å². The van der Waals surface area contributed by atoms with Crippen molar-refractivity contribution in [2.75, 3.05) is 19.8 Å². The van der Waals surface area contributed by atoms with Gasteiger partial charge in [-0.3, -0.25) is 9.59 Å². The van der Waals surface area contributed by atoms with Crippen molar-refractivity contribution in [3.8, 4) is 22.8 Å². The van der Waals surface area contributed by atoms with Crippen LogP contribution in [0, 0.1) is 5.92 Å². The van der Waals surface area contributed by atoms with Crippen LogP contribution >= 0.6 is 0 Å². The van der Waals surface area contributed by atoms with Gasteiger partial charge in [0.2, 0.25) is 5.91 Å². The van der Waals surface area contributed by atoms with Crippen LogP contribution in [0.5, 0.6) is 11.5 Å². The first-order valence-electron chi connectivity index (χ1n) is 8.51. The molecule has 0 saturated carbocycles. The molecule has 0 spiro atoms. The summed E-state index contributed by atoms with van der Waals surface area (Å²) in [5, 5.41) is 6.58. The van der Waals surface area contributed by atoms with E-state index in [-0.39, 0.29) is 12.5 Å². The van der Waals surface area contributed by atoms with Gasteiger partial charge >= 0.3 is 5.97 Å². The maximum atomic E-state index is 12.0. The second-order valence-corrected chi connectivity index (χ2v) is 6.13. The molecular weight excluding hydrogens is 340 g/mol. The average molecular weight is 358 g/mol. The molecule has 2 aromatic rings. The minimum atomic E-state index is -0.743. The molecule has 1 atom stereocenters. The number of fused-ring (bicyclic) bond motifs is 1. The number of aromatic nitrogens is 1. The van der Waals surface area contributed by atoms with Crippen LogP contribution in [0.3, 0.4) is 0 Å². The molecule has 1 amide bonds. The third-order valence-electron chi connectivity index (χ3n) is 4.32. The van der Waals surface area contributed by atoms with E-state index in [0.29, 0.717) is 49.1 Å². The standard InChI is InChI=1S/C18H18N2O6/c21-17-13(2-1-5-19-17)18(22)25-10-12-9-15(26-20-12)11-3-4-14-16(8-11)24-7-6-23-14/h3-4,8-9,13H,1-2,5-7,10H2,(H,19,21). The quantitative estimate of drug-likeness (QED) is 0.655. The van der Waals surface area contributed by atoms with Gasteiger partial charge in [-0.25, -0.2) is 0 Å². The number of benzene rings is 1. The average Bonchev–Trinajstić information content (AvgIpc) is 3.15. The van der Waals surface area contributed by atoms with Crippen molar-refractivity contribution in [2.24, 2.45) is 5.92 Å². The number of nitrogens with zero attached hydrogens (tertiary/aromatic N) is 1. The van der Waals surface area contributed by atoms with Gasteiger partial charge in [-0.15, -0.1) is 0 Å². The van der Waals surface area contributed by atoms with E-state index in [1.54, 1.807) is 6.07 Å². The second kappa shape index (κ2) is 7.07. The molecule has 1 aromatic heterocycles. The summed E-state index contributed by atoms with van der Waals surface area (Å²) in [4.78, 5) is 23.7. The number of piperidine rings is 1. The Balaban J connectivity index is 1.40. The van der Waals surface area contributed by atoms with Crippen molar-refractivity contribution in [1.82, 2.24) is 10.5 Å².